The maximum atomic E-state index is 13.6. The highest BCUT2D eigenvalue weighted by molar-refractivity contribution is 7.93. The Morgan fingerprint density at radius 2 is 1.90 bits per heavy atom. The predicted molar refractivity (Wildman–Crippen MR) is 117 cm³/mol. The molecule has 2 aromatic carbocycles. The molecule has 1 heterocycles. The summed E-state index contributed by atoms with van der Waals surface area (Å²) in [6.07, 6.45) is 1.80. The number of methoxy groups -OCH3 is 2. The summed E-state index contributed by atoms with van der Waals surface area (Å²) in [6, 6.07) is 11.4. The fraction of sp³-hybridized carbons (Fsp3) is 0.409. The van der Waals surface area contributed by atoms with Crippen LogP contribution in [0.15, 0.2) is 47.4 Å². The number of hydrogen-bond acceptors (Lipinski definition) is 6. The molecule has 8 nitrogen and oxygen atoms in total. The van der Waals surface area contributed by atoms with Crippen LogP contribution < -0.4 is 19.1 Å². The minimum absolute atomic E-state index is 0.00209. The third-order valence-corrected chi connectivity index (χ3v) is 6.88. The number of ether oxygens (including phenoxy) is 3. The van der Waals surface area contributed by atoms with Crippen LogP contribution in [0.1, 0.15) is 18.4 Å². The summed E-state index contributed by atoms with van der Waals surface area (Å²) in [7, 11) is -1.16. The van der Waals surface area contributed by atoms with Crippen LogP contribution in [0, 0.1) is 6.92 Å². The Kier molecular flexibility index (Phi) is 7.40. The first-order valence-electron chi connectivity index (χ1n) is 10.0. The number of aryl methyl sites for hydroxylation is 1. The van der Waals surface area contributed by atoms with Gasteiger partial charge in [-0.25, -0.2) is 8.42 Å². The molecule has 3 rings (SSSR count). The van der Waals surface area contributed by atoms with E-state index in [0.717, 1.165) is 22.7 Å². The minimum Gasteiger partial charge on any atom is -0.497 e. The highest BCUT2D eigenvalue weighted by Gasteiger charge is 2.30. The van der Waals surface area contributed by atoms with Gasteiger partial charge in [-0.15, -0.1) is 0 Å². The van der Waals surface area contributed by atoms with Crippen molar-refractivity contribution in [2.45, 2.75) is 30.8 Å². The van der Waals surface area contributed by atoms with Crippen molar-refractivity contribution in [1.29, 1.82) is 0 Å². The second-order valence-electron chi connectivity index (χ2n) is 7.30. The van der Waals surface area contributed by atoms with Gasteiger partial charge in [0.1, 0.15) is 22.9 Å². The van der Waals surface area contributed by atoms with E-state index in [1.807, 2.05) is 0 Å². The van der Waals surface area contributed by atoms with Gasteiger partial charge < -0.3 is 19.5 Å². The Hall–Kier alpha value is -2.78. The number of anilines is 1. The van der Waals surface area contributed by atoms with Gasteiger partial charge in [0.05, 0.1) is 26.0 Å². The summed E-state index contributed by atoms with van der Waals surface area (Å²) < 4.78 is 44.3. The molecule has 1 atom stereocenters. The van der Waals surface area contributed by atoms with Crippen molar-refractivity contribution in [3.05, 3.63) is 48.0 Å². The third kappa shape index (κ3) is 5.48. The lowest BCUT2D eigenvalue weighted by Crippen LogP contribution is -2.43. The van der Waals surface area contributed by atoms with Crippen molar-refractivity contribution >= 4 is 21.6 Å². The number of nitrogens with one attached hydrogen (secondary N) is 1. The quantitative estimate of drug-likeness (QED) is 0.634. The Balaban J connectivity index is 1.92. The predicted octanol–water partition coefficient (Wildman–Crippen LogP) is 2.50. The van der Waals surface area contributed by atoms with Gasteiger partial charge in [0, 0.05) is 13.2 Å². The standard InChI is InChI=1S/C22H28N2O6S/c1-16-6-11-20(29-3)21(13-16)31(26,27)24(17-7-9-18(28-2)10-8-17)15-22(25)23-14-19-5-4-12-30-19/h6-11,13,19H,4-5,12,14-15H2,1-3H3,(H,23,25)/t19-/m1/s1. The molecule has 0 radical (unpaired) electrons. The number of carbonyl (C=O) groups excluding carboxylic acids is 1. The molecule has 31 heavy (non-hydrogen) atoms. The summed E-state index contributed by atoms with van der Waals surface area (Å²) in [5.74, 6) is 0.377. The minimum atomic E-state index is -4.10. The number of benzene rings is 2. The average Bonchev–Trinajstić information content (AvgIpc) is 3.30. The summed E-state index contributed by atoms with van der Waals surface area (Å²) >= 11 is 0. The van der Waals surface area contributed by atoms with Crippen LogP contribution in [-0.2, 0) is 19.6 Å². The molecule has 1 aliphatic rings. The zero-order chi connectivity index (χ0) is 22.4. The maximum Gasteiger partial charge on any atom is 0.268 e. The maximum absolute atomic E-state index is 13.6. The zero-order valence-electron chi connectivity index (χ0n) is 18.0. The molecular formula is C22H28N2O6S. The van der Waals surface area contributed by atoms with Crippen LogP contribution in [0.3, 0.4) is 0 Å². The van der Waals surface area contributed by atoms with Gasteiger partial charge in [-0.1, -0.05) is 6.07 Å². The van der Waals surface area contributed by atoms with Crippen LogP contribution in [-0.4, -0.2) is 54.3 Å². The lowest BCUT2D eigenvalue weighted by atomic mass is 10.2. The van der Waals surface area contributed by atoms with Gasteiger partial charge in [-0.2, -0.15) is 0 Å². The molecule has 0 unspecified atom stereocenters. The molecule has 1 saturated heterocycles. The fourth-order valence-electron chi connectivity index (χ4n) is 3.39. The molecule has 1 fully saturated rings. The molecule has 0 saturated carbocycles. The van der Waals surface area contributed by atoms with Gasteiger partial charge in [0.2, 0.25) is 5.91 Å². The molecule has 1 amide bonds. The summed E-state index contributed by atoms with van der Waals surface area (Å²) in [6.45, 7) is 2.45. The smallest absolute Gasteiger partial charge is 0.268 e. The number of hydrogen-bond donors (Lipinski definition) is 1. The highest BCUT2D eigenvalue weighted by atomic mass is 32.2. The Morgan fingerprint density at radius 1 is 1.16 bits per heavy atom. The summed E-state index contributed by atoms with van der Waals surface area (Å²) in [5, 5.41) is 2.78. The topological polar surface area (TPSA) is 94.2 Å². The van der Waals surface area contributed by atoms with E-state index in [2.05, 4.69) is 5.32 Å². The molecule has 0 spiro atoms. The average molecular weight is 449 g/mol. The molecule has 1 N–H and O–H groups in total. The van der Waals surface area contributed by atoms with Gasteiger partial charge in [-0.05, 0) is 61.7 Å². The zero-order valence-corrected chi connectivity index (χ0v) is 18.8. The lowest BCUT2D eigenvalue weighted by molar-refractivity contribution is -0.120. The van der Waals surface area contributed by atoms with Gasteiger partial charge in [0.15, 0.2) is 0 Å². The Morgan fingerprint density at radius 3 is 2.52 bits per heavy atom. The molecule has 168 valence electrons. The van der Waals surface area contributed by atoms with Crippen LogP contribution in [0.5, 0.6) is 11.5 Å². The first-order valence-corrected chi connectivity index (χ1v) is 11.5. The van der Waals surface area contributed by atoms with E-state index in [1.165, 1.54) is 20.3 Å². The van der Waals surface area contributed by atoms with E-state index in [0.29, 0.717) is 24.6 Å². The van der Waals surface area contributed by atoms with Crippen molar-refractivity contribution in [3.8, 4) is 11.5 Å². The number of carbonyl (C=O) groups is 1. The van der Waals surface area contributed by atoms with Gasteiger partial charge in [-0.3, -0.25) is 9.10 Å². The van der Waals surface area contributed by atoms with E-state index in [9.17, 15) is 13.2 Å². The Bertz CT molecular complexity index is 1000. The van der Waals surface area contributed by atoms with Gasteiger partial charge >= 0.3 is 0 Å². The van der Waals surface area contributed by atoms with E-state index >= 15 is 0 Å². The van der Waals surface area contributed by atoms with Crippen LogP contribution in [0.25, 0.3) is 0 Å². The molecule has 2 aromatic rings. The second kappa shape index (κ2) is 10.0. The first kappa shape index (κ1) is 22.9. The normalized spacial score (nSPS) is 16.0. The van der Waals surface area contributed by atoms with Gasteiger partial charge in [0.25, 0.3) is 10.0 Å². The molecule has 9 heteroatoms. The highest BCUT2D eigenvalue weighted by Crippen LogP contribution is 2.31. The molecule has 1 aliphatic heterocycles. The summed E-state index contributed by atoms with van der Waals surface area (Å²) in [4.78, 5) is 12.7. The fourth-order valence-corrected chi connectivity index (χ4v) is 5.05. The first-order chi connectivity index (χ1) is 14.8. The number of nitrogens with zero attached hydrogens (tertiary/aromatic N) is 1. The lowest BCUT2D eigenvalue weighted by Gasteiger charge is -2.25. The van der Waals surface area contributed by atoms with Crippen LogP contribution in [0.4, 0.5) is 5.69 Å². The van der Waals surface area contributed by atoms with Crippen LogP contribution in [0.2, 0.25) is 0 Å². The molecular weight excluding hydrogens is 420 g/mol. The van der Waals surface area contributed by atoms with E-state index < -0.39 is 15.9 Å². The number of sulfonamides is 1. The van der Waals surface area contributed by atoms with Crippen molar-refractivity contribution < 1.29 is 27.4 Å². The number of rotatable bonds is 9. The van der Waals surface area contributed by atoms with Crippen LogP contribution >= 0.6 is 0 Å². The number of amides is 1. The van der Waals surface area contributed by atoms with Crippen molar-refractivity contribution in [2.24, 2.45) is 0 Å². The molecule has 0 aliphatic carbocycles. The van der Waals surface area contributed by atoms with Crippen molar-refractivity contribution in [2.75, 3.05) is 38.2 Å². The third-order valence-electron chi connectivity index (χ3n) is 5.09. The molecule has 0 aromatic heterocycles. The monoisotopic (exact) mass is 448 g/mol. The van der Waals surface area contributed by atoms with E-state index in [4.69, 9.17) is 14.2 Å². The van der Waals surface area contributed by atoms with Crippen molar-refractivity contribution in [3.63, 3.8) is 0 Å². The SMILES string of the molecule is COc1ccc(N(CC(=O)NC[C@H]2CCCO2)S(=O)(=O)c2cc(C)ccc2OC)cc1. The molecule has 0 bridgehead atoms. The van der Waals surface area contributed by atoms with E-state index in [1.54, 1.807) is 43.3 Å². The van der Waals surface area contributed by atoms with E-state index in [-0.39, 0.29) is 23.3 Å². The second-order valence-corrected chi connectivity index (χ2v) is 9.13. The summed E-state index contributed by atoms with van der Waals surface area (Å²) in [5.41, 5.74) is 1.11. The largest absolute Gasteiger partial charge is 0.497 e. The van der Waals surface area contributed by atoms with Crippen molar-refractivity contribution in [1.82, 2.24) is 5.32 Å². The Labute approximate surface area is 183 Å².